The fraction of sp³-hybridized carbons (Fsp3) is 0.526. The highest BCUT2D eigenvalue weighted by Crippen LogP contribution is 2.40. The van der Waals surface area contributed by atoms with E-state index >= 15 is 0 Å². The molecule has 152 valence electrons. The van der Waals surface area contributed by atoms with Crippen LogP contribution in [0.2, 0.25) is 0 Å². The quantitative estimate of drug-likeness (QED) is 0.841. The highest BCUT2D eigenvalue weighted by Gasteiger charge is 2.35. The number of aryl methyl sites for hydroxylation is 1. The van der Waals surface area contributed by atoms with Crippen molar-refractivity contribution in [1.29, 1.82) is 0 Å². The maximum Gasteiger partial charge on any atom is 0.434 e. The van der Waals surface area contributed by atoms with Crippen molar-refractivity contribution < 1.29 is 27.4 Å². The Morgan fingerprint density at radius 1 is 1.29 bits per heavy atom. The Morgan fingerprint density at radius 3 is 2.89 bits per heavy atom. The molecule has 0 saturated carbocycles. The third kappa shape index (κ3) is 3.89. The summed E-state index contributed by atoms with van der Waals surface area (Å²) in [6, 6.07) is 3.83. The largest absolute Gasteiger partial charge is 0.493 e. The Bertz CT molecular complexity index is 834. The van der Waals surface area contributed by atoms with Gasteiger partial charge in [-0.2, -0.15) is 13.2 Å². The molecular formula is C19H22F3N3O3. The molecular weight excluding hydrogens is 375 g/mol. The van der Waals surface area contributed by atoms with E-state index in [1.165, 1.54) is 0 Å². The molecule has 0 unspecified atom stereocenters. The van der Waals surface area contributed by atoms with Crippen LogP contribution in [0.3, 0.4) is 0 Å². The normalized spacial score (nSPS) is 18.6. The molecule has 1 atom stereocenters. The summed E-state index contributed by atoms with van der Waals surface area (Å²) in [6.07, 6.45) is -1.91. The van der Waals surface area contributed by atoms with Crippen LogP contribution in [0.1, 0.15) is 23.5 Å². The van der Waals surface area contributed by atoms with Crippen LogP contribution in [0.5, 0.6) is 17.2 Å². The molecule has 1 N–H and O–H groups in total. The lowest BCUT2D eigenvalue weighted by Crippen LogP contribution is -2.29. The minimum absolute atomic E-state index is 0.252. The molecule has 9 heteroatoms. The summed E-state index contributed by atoms with van der Waals surface area (Å²) in [6.45, 7) is 2.84. The van der Waals surface area contributed by atoms with Gasteiger partial charge >= 0.3 is 6.18 Å². The lowest BCUT2D eigenvalue weighted by Gasteiger charge is -2.24. The van der Waals surface area contributed by atoms with Crippen LogP contribution in [-0.2, 0) is 25.7 Å². The van der Waals surface area contributed by atoms with Crippen molar-refractivity contribution in [2.75, 3.05) is 26.9 Å². The Balaban J connectivity index is 1.35. The van der Waals surface area contributed by atoms with Gasteiger partial charge in [-0.3, -0.25) is 0 Å². The van der Waals surface area contributed by atoms with Crippen LogP contribution < -0.4 is 19.5 Å². The minimum atomic E-state index is -4.39. The van der Waals surface area contributed by atoms with Gasteiger partial charge in [-0.1, -0.05) is 0 Å². The lowest BCUT2D eigenvalue weighted by molar-refractivity contribution is -0.141. The third-order valence-electron chi connectivity index (χ3n) is 5.03. The van der Waals surface area contributed by atoms with Crippen LogP contribution in [-0.4, -0.2) is 36.4 Å². The van der Waals surface area contributed by atoms with Crippen LogP contribution in [0.25, 0.3) is 0 Å². The Labute approximate surface area is 160 Å². The zero-order chi connectivity index (χ0) is 19.7. The van der Waals surface area contributed by atoms with Gasteiger partial charge in [0.05, 0.1) is 7.11 Å². The number of aromatic nitrogens is 2. The van der Waals surface area contributed by atoms with Crippen molar-refractivity contribution in [3.8, 4) is 17.2 Å². The zero-order valence-electron chi connectivity index (χ0n) is 15.5. The summed E-state index contributed by atoms with van der Waals surface area (Å²) >= 11 is 0. The number of benzene rings is 1. The molecule has 2 aliphatic heterocycles. The average Bonchev–Trinajstić information content (AvgIpc) is 3.11. The highest BCUT2D eigenvalue weighted by atomic mass is 19.4. The molecule has 0 radical (unpaired) electrons. The highest BCUT2D eigenvalue weighted by molar-refractivity contribution is 5.54. The first-order chi connectivity index (χ1) is 13.4. The molecule has 2 aliphatic rings. The smallest absolute Gasteiger partial charge is 0.434 e. The number of methoxy groups -OCH3 is 1. The van der Waals surface area contributed by atoms with E-state index in [1.807, 2.05) is 12.1 Å². The second-order valence-corrected chi connectivity index (χ2v) is 7.05. The summed E-state index contributed by atoms with van der Waals surface area (Å²) in [7, 11) is 1.59. The maximum absolute atomic E-state index is 12.8. The van der Waals surface area contributed by atoms with Crippen molar-refractivity contribution in [3.05, 3.63) is 35.4 Å². The van der Waals surface area contributed by atoms with Crippen LogP contribution in [0, 0.1) is 5.92 Å². The van der Waals surface area contributed by atoms with Crippen LogP contribution in [0.4, 0.5) is 13.2 Å². The fourth-order valence-electron chi connectivity index (χ4n) is 3.67. The number of nitrogens with one attached hydrogen (secondary N) is 1. The van der Waals surface area contributed by atoms with E-state index in [0.717, 1.165) is 18.2 Å². The summed E-state index contributed by atoms with van der Waals surface area (Å²) < 4.78 is 56.7. The molecule has 0 fully saturated rings. The van der Waals surface area contributed by atoms with Gasteiger partial charge in [-0.25, -0.2) is 4.98 Å². The molecule has 0 bridgehead atoms. The van der Waals surface area contributed by atoms with Gasteiger partial charge < -0.3 is 24.1 Å². The Hall–Kier alpha value is -2.42. The molecule has 0 spiro atoms. The molecule has 6 nitrogen and oxygen atoms in total. The standard InChI is InChI=1S/C19H22F3N3O3/c1-26-14-6-13(7-15-18(14)28-5-4-27-15)9-23-8-12-2-3-17-24-16(19(20,21)22)11-25(17)10-12/h6-7,11-12,23H,2-5,8-10H2,1H3/t12-/m0/s1. The second-order valence-electron chi connectivity index (χ2n) is 7.05. The van der Waals surface area contributed by atoms with Crippen molar-refractivity contribution in [2.45, 2.75) is 32.1 Å². The van der Waals surface area contributed by atoms with Gasteiger partial charge in [-0.05, 0) is 36.6 Å². The van der Waals surface area contributed by atoms with E-state index in [2.05, 4.69) is 10.3 Å². The van der Waals surface area contributed by atoms with Gasteiger partial charge in [0, 0.05) is 25.7 Å². The minimum Gasteiger partial charge on any atom is -0.493 e. The van der Waals surface area contributed by atoms with Gasteiger partial charge in [0.2, 0.25) is 5.75 Å². The van der Waals surface area contributed by atoms with E-state index in [1.54, 1.807) is 11.7 Å². The van der Waals surface area contributed by atoms with Crippen LogP contribution in [0.15, 0.2) is 18.3 Å². The molecule has 0 saturated heterocycles. The number of nitrogens with zero attached hydrogens (tertiary/aromatic N) is 2. The number of imidazole rings is 1. The van der Waals surface area contributed by atoms with Crippen molar-refractivity contribution in [2.24, 2.45) is 5.92 Å². The SMILES string of the molecule is COc1cc(CNC[C@@H]2CCc3nc(C(F)(F)F)cn3C2)cc2c1OCCO2. The van der Waals surface area contributed by atoms with E-state index in [-0.39, 0.29) is 5.92 Å². The van der Waals surface area contributed by atoms with Gasteiger partial charge in [0.25, 0.3) is 0 Å². The number of hydrogen-bond donors (Lipinski definition) is 1. The topological polar surface area (TPSA) is 57.5 Å². The molecule has 3 heterocycles. The number of hydrogen-bond acceptors (Lipinski definition) is 5. The lowest BCUT2D eigenvalue weighted by atomic mass is 9.99. The van der Waals surface area contributed by atoms with Crippen molar-refractivity contribution in [1.82, 2.24) is 14.9 Å². The maximum atomic E-state index is 12.8. The molecule has 0 aliphatic carbocycles. The van der Waals surface area contributed by atoms with Gasteiger partial charge in [0.15, 0.2) is 17.2 Å². The van der Waals surface area contributed by atoms with E-state index < -0.39 is 11.9 Å². The monoisotopic (exact) mass is 397 g/mol. The third-order valence-corrected chi connectivity index (χ3v) is 5.03. The summed E-state index contributed by atoms with van der Waals surface area (Å²) in [5, 5.41) is 3.39. The average molecular weight is 397 g/mol. The number of halogens is 3. The number of fused-ring (bicyclic) bond motifs is 2. The van der Waals surface area contributed by atoms with Crippen molar-refractivity contribution in [3.63, 3.8) is 0 Å². The number of alkyl halides is 3. The van der Waals surface area contributed by atoms with E-state index in [0.29, 0.717) is 62.3 Å². The van der Waals surface area contributed by atoms with Crippen molar-refractivity contribution >= 4 is 0 Å². The van der Waals surface area contributed by atoms with Gasteiger partial charge in [0.1, 0.15) is 19.0 Å². The predicted molar refractivity (Wildman–Crippen MR) is 94.7 cm³/mol. The molecule has 0 amide bonds. The van der Waals surface area contributed by atoms with E-state index in [4.69, 9.17) is 14.2 Å². The number of ether oxygens (including phenoxy) is 3. The molecule has 2 aromatic rings. The summed E-state index contributed by atoms with van der Waals surface area (Å²) in [5.74, 6) is 2.69. The zero-order valence-corrected chi connectivity index (χ0v) is 15.5. The molecule has 4 rings (SSSR count). The Morgan fingerprint density at radius 2 is 2.11 bits per heavy atom. The van der Waals surface area contributed by atoms with Crippen LogP contribution >= 0.6 is 0 Å². The predicted octanol–water partition coefficient (Wildman–Crippen LogP) is 3.03. The fourth-order valence-corrected chi connectivity index (χ4v) is 3.67. The molecule has 1 aromatic carbocycles. The Kier molecular flexibility index (Phi) is 5.09. The first-order valence-electron chi connectivity index (χ1n) is 9.24. The number of rotatable bonds is 5. The van der Waals surface area contributed by atoms with E-state index in [9.17, 15) is 13.2 Å². The first kappa shape index (κ1) is 18.9. The molecule has 1 aromatic heterocycles. The first-order valence-corrected chi connectivity index (χ1v) is 9.24. The summed E-state index contributed by atoms with van der Waals surface area (Å²) in [5.41, 5.74) is 0.194. The molecule has 28 heavy (non-hydrogen) atoms. The summed E-state index contributed by atoms with van der Waals surface area (Å²) in [4.78, 5) is 3.72. The second kappa shape index (κ2) is 7.54. The van der Waals surface area contributed by atoms with Gasteiger partial charge in [-0.15, -0.1) is 0 Å².